The number of carbonyl (C=O) groups is 2. The summed E-state index contributed by atoms with van der Waals surface area (Å²) in [5.41, 5.74) is 1.06. The Hall–Kier alpha value is -3.60. The second kappa shape index (κ2) is 7.19. The van der Waals surface area contributed by atoms with Gasteiger partial charge in [-0.2, -0.15) is 0 Å². The first-order valence-corrected chi connectivity index (χ1v) is 9.11. The lowest BCUT2D eigenvalue weighted by molar-refractivity contribution is 0.0943. The minimum Gasteiger partial charge on any atom is -0.366 e. The van der Waals surface area contributed by atoms with Gasteiger partial charge >= 0.3 is 6.03 Å². The molecule has 2 bridgehead atoms. The minimum atomic E-state index is -0.409. The highest BCUT2D eigenvalue weighted by Crippen LogP contribution is 2.39. The van der Waals surface area contributed by atoms with Gasteiger partial charge in [0, 0.05) is 19.3 Å². The van der Waals surface area contributed by atoms with Gasteiger partial charge in [0.1, 0.15) is 11.5 Å². The van der Waals surface area contributed by atoms with Crippen molar-refractivity contribution >= 4 is 29.3 Å². The van der Waals surface area contributed by atoms with Crippen LogP contribution in [0.2, 0.25) is 0 Å². The van der Waals surface area contributed by atoms with E-state index in [-0.39, 0.29) is 23.7 Å². The Bertz CT molecular complexity index is 955. The minimum absolute atomic E-state index is 0.00773. The SMILES string of the molecule is C#C[C@H](C)NC(=O)c1ccc2c(n1)N(C(=O)Nc1ccccn1)[C@H]1CCN2C1. The summed E-state index contributed by atoms with van der Waals surface area (Å²) in [6, 6.07) is 8.07. The lowest BCUT2D eigenvalue weighted by atomic mass is 10.1. The predicted octanol–water partition coefficient (Wildman–Crippen LogP) is 1.86. The van der Waals surface area contributed by atoms with Crippen LogP contribution < -0.4 is 20.4 Å². The first-order valence-electron chi connectivity index (χ1n) is 9.11. The maximum atomic E-state index is 13.0. The monoisotopic (exact) mass is 376 g/mol. The summed E-state index contributed by atoms with van der Waals surface area (Å²) in [6.07, 6.45) is 7.78. The van der Waals surface area contributed by atoms with E-state index in [4.69, 9.17) is 6.42 Å². The van der Waals surface area contributed by atoms with Gasteiger partial charge in [0.05, 0.1) is 17.8 Å². The van der Waals surface area contributed by atoms with Crippen molar-refractivity contribution in [3.8, 4) is 12.3 Å². The van der Waals surface area contributed by atoms with E-state index in [2.05, 4.69) is 31.4 Å². The summed E-state index contributed by atoms with van der Waals surface area (Å²) in [5.74, 6) is 3.03. The van der Waals surface area contributed by atoms with Gasteiger partial charge in [0.15, 0.2) is 5.82 Å². The lowest BCUT2D eigenvalue weighted by Crippen LogP contribution is -2.48. The summed E-state index contributed by atoms with van der Waals surface area (Å²) in [4.78, 5) is 37.9. The molecule has 1 fully saturated rings. The third-order valence-electron chi connectivity index (χ3n) is 4.90. The van der Waals surface area contributed by atoms with Gasteiger partial charge in [0.25, 0.3) is 5.91 Å². The molecule has 2 atom stereocenters. The highest BCUT2D eigenvalue weighted by atomic mass is 16.2. The van der Waals surface area contributed by atoms with Crippen molar-refractivity contribution in [2.24, 2.45) is 0 Å². The van der Waals surface area contributed by atoms with Gasteiger partial charge < -0.3 is 10.2 Å². The van der Waals surface area contributed by atoms with Crippen molar-refractivity contribution in [1.29, 1.82) is 0 Å². The van der Waals surface area contributed by atoms with Crippen LogP contribution >= 0.6 is 0 Å². The summed E-state index contributed by atoms with van der Waals surface area (Å²) in [5, 5.41) is 5.51. The maximum absolute atomic E-state index is 13.0. The number of nitrogens with zero attached hydrogens (tertiary/aromatic N) is 4. The van der Waals surface area contributed by atoms with Gasteiger partial charge in [-0.1, -0.05) is 12.0 Å². The van der Waals surface area contributed by atoms with Crippen molar-refractivity contribution in [2.45, 2.75) is 25.4 Å². The van der Waals surface area contributed by atoms with Crippen LogP contribution in [-0.2, 0) is 0 Å². The Morgan fingerprint density at radius 3 is 2.93 bits per heavy atom. The predicted molar refractivity (Wildman–Crippen MR) is 106 cm³/mol. The molecule has 2 aliphatic heterocycles. The molecule has 0 aliphatic carbocycles. The Labute approximate surface area is 163 Å². The Morgan fingerprint density at radius 1 is 1.32 bits per heavy atom. The molecule has 28 heavy (non-hydrogen) atoms. The first kappa shape index (κ1) is 17.8. The molecule has 2 N–H and O–H groups in total. The number of pyridine rings is 2. The Morgan fingerprint density at radius 2 is 2.18 bits per heavy atom. The van der Waals surface area contributed by atoms with E-state index in [1.54, 1.807) is 42.3 Å². The number of hydrogen-bond acceptors (Lipinski definition) is 5. The third kappa shape index (κ3) is 3.22. The van der Waals surface area contributed by atoms with Crippen LogP contribution in [0.1, 0.15) is 23.8 Å². The highest BCUT2D eigenvalue weighted by Gasteiger charge is 2.40. The van der Waals surface area contributed by atoms with Crippen molar-refractivity contribution in [2.75, 3.05) is 28.2 Å². The average molecular weight is 376 g/mol. The normalized spacial score (nSPS) is 18.1. The largest absolute Gasteiger partial charge is 0.366 e. The standard InChI is InChI=1S/C20H20N6O2/c1-3-13(2)22-19(27)15-7-8-16-18(23-15)26(14-9-11-25(16)12-14)20(28)24-17-6-4-5-10-21-17/h1,4-8,10,13-14H,9,11-12H2,2H3,(H,22,27)(H,21,24,28)/t13-,14-/m0/s1. The van der Waals surface area contributed by atoms with E-state index in [1.807, 2.05) is 6.07 Å². The van der Waals surface area contributed by atoms with E-state index in [1.165, 1.54) is 0 Å². The van der Waals surface area contributed by atoms with Crippen LogP contribution in [-0.4, -0.2) is 47.1 Å². The number of urea groups is 1. The van der Waals surface area contributed by atoms with Crippen molar-refractivity contribution in [3.05, 3.63) is 42.2 Å². The molecule has 0 saturated carbocycles. The van der Waals surface area contributed by atoms with Gasteiger partial charge in [-0.3, -0.25) is 15.0 Å². The molecule has 2 aromatic rings. The quantitative estimate of drug-likeness (QED) is 0.798. The Kier molecular flexibility index (Phi) is 4.57. The first-order chi connectivity index (χ1) is 13.6. The molecule has 0 radical (unpaired) electrons. The van der Waals surface area contributed by atoms with E-state index >= 15 is 0 Å². The second-order valence-corrected chi connectivity index (χ2v) is 6.80. The fourth-order valence-electron chi connectivity index (χ4n) is 3.52. The highest BCUT2D eigenvalue weighted by molar-refractivity contribution is 6.05. The van der Waals surface area contributed by atoms with Crippen molar-refractivity contribution < 1.29 is 9.59 Å². The zero-order valence-corrected chi connectivity index (χ0v) is 15.4. The number of hydrogen-bond donors (Lipinski definition) is 2. The van der Waals surface area contributed by atoms with Gasteiger partial charge in [-0.15, -0.1) is 6.42 Å². The molecule has 142 valence electrons. The fraction of sp³-hybridized carbons (Fsp3) is 0.300. The molecule has 2 aliphatic rings. The van der Waals surface area contributed by atoms with Crippen LogP contribution in [0.15, 0.2) is 36.5 Å². The van der Waals surface area contributed by atoms with Crippen LogP contribution in [0.4, 0.5) is 22.1 Å². The number of carbonyl (C=O) groups excluding carboxylic acids is 2. The number of aromatic nitrogens is 2. The van der Waals surface area contributed by atoms with E-state index in [0.29, 0.717) is 11.6 Å². The van der Waals surface area contributed by atoms with Gasteiger partial charge in [-0.25, -0.2) is 14.8 Å². The van der Waals surface area contributed by atoms with Crippen molar-refractivity contribution in [1.82, 2.24) is 15.3 Å². The molecule has 4 rings (SSSR count). The van der Waals surface area contributed by atoms with Crippen LogP contribution in [0, 0.1) is 12.3 Å². The number of anilines is 3. The zero-order chi connectivity index (χ0) is 19.7. The summed E-state index contributed by atoms with van der Waals surface area (Å²) in [6.45, 7) is 3.30. The number of amides is 3. The molecule has 2 aromatic heterocycles. The topological polar surface area (TPSA) is 90.5 Å². The third-order valence-corrected chi connectivity index (χ3v) is 4.90. The van der Waals surface area contributed by atoms with Crippen LogP contribution in [0.3, 0.4) is 0 Å². The molecule has 3 amide bonds. The molecule has 1 saturated heterocycles. The second-order valence-electron chi connectivity index (χ2n) is 6.80. The van der Waals surface area contributed by atoms with Crippen LogP contribution in [0.5, 0.6) is 0 Å². The van der Waals surface area contributed by atoms with Crippen LogP contribution in [0.25, 0.3) is 0 Å². The number of terminal acetylenes is 1. The summed E-state index contributed by atoms with van der Waals surface area (Å²) >= 11 is 0. The average Bonchev–Trinajstić information content (AvgIpc) is 3.12. The molecular formula is C20H20N6O2. The Balaban J connectivity index is 1.66. The summed E-state index contributed by atoms with van der Waals surface area (Å²) in [7, 11) is 0. The number of nitrogens with one attached hydrogen (secondary N) is 2. The van der Waals surface area contributed by atoms with Gasteiger partial charge in [0.2, 0.25) is 0 Å². The molecule has 0 spiro atoms. The maximum Gasteiger partial charge on any atom is 0.329 e. The van der Waals surface area contributed by atoms with Gasteiger partial charge in [-0.05, 0) is 37.6 Å². The molecule has 8 heteroatoms. The number of fused-ring (bicyclic) bond motifs is 4. The smallest absolute Gasteiger partial charge is 0.329 e. The molecule has 0 aromatic carbocycles. The molecule has 0 unspecified atom stereocenters. The molecule has 8 nitrogen and oxygen atoms in total. The van der Waals surface area contributed by atoms with E-state index in [9.17, 15) is 9.59 Å². The van der Waals surface area contributed by atoms with E-state index in [0.717, 1.165) is 25.2 Å². The van der Waals surface area contributed by atoms with Crippen molar-refractivity contribution in [3.63, 3.8) is 0 Å². The lowest BCUT2D eigenvalue weighted by Gasteiger charge is -2.35. The summed E-state index contributed by atoms with van der Waals surface area (Å²) < 4.78 is 0. The van der Waals surface area contributed by atoms with E-state index < -0.39 is 6.04 Å². The number of rotatable bonds is 3. The molecular weight excluding hydrogens is 356 g/mol. The fourth-order valence-corrected chi connectivity index (χ4v) is 3.52. The molecule has 4 heterocycles. The zero-order valence-electron chi connectivity index (χ0n) is 15.4.